The number of aryl methyl sites for hydroxylation is 3. The van der Waals surface area contributed by atoms with Gasteiger partial charge >= 0.3 is 6.18 Å². The SMILES string of the molecule is Cc1ccc([C@@H]2C[C@H](C(F)(F)F)n3nc(C(=O)NCc4cn(C)nc4C)cc3N2)cc1. The molecule has 1 aliphatic rings. The number of anilines is 1. The van der Waals surface area contributed by atoms with E-state index in [1.807, 2.05) is 38.1 Å². The average Bonchev–Trinajstić information content (AvgIpc) is 3.27. The summed E-state index contributed by atoms with van der Waals surface area (Å²) in [4.78, 5) is 12.6. The topological polar surface area (TPSA) is 76.8 Å². The maximum Gasteiger partial charge on any atom is 0.410 e. The van der Waals surface area contributed by atoms with Gasteiger partial charge in [-0.3, -0.25) is 9.48 Å². The lowest BCUT2D eigenvalue weighted by molar-refractivity contribution is -0.173. The quantitative estimate of drug-likeness (QED) is 0.657. The molecule has 7 nitrogen and oxygen atoms in total. The second-order valence-electron chi connectivity index (χ2n) is 7.86. The Morgan fingerprint density at radius 1 is 1.23 bits per heavy atom. The zero-order chi connectivity index (χ0) is 22.3. The van der Waals surface area contributed by atoms with Crippen LogP contribution in [0.4, 0.5) is 19.0 Å². The van der Waals surface area contributed by atoms with Gasteiger partial charge in [0.15, 0.2) is 11.7 Å². The largest absolute Gasteiger partial charge is 0.410 e. The molecule has 4 rings (SSSR count). The fourth-order valence-electron chi connectivity index (χ4n) is 3.79. The molecule has 1 amide bonds. The molecule has 10 heteroatoms. The Morgan fingerprint density at radius 2 is 1.94 bits per heavy atom. The van der Waals surface area contributed by atoms with Gasteiger partial charge in [-0.05, 0) is 19.4 Å². The lowest BCUT2D eigenvalue weighted by Gasteiger charge is -2.33. The maximum atomic E-state index is 13.8. The number of carbonyl (C=O) groups is 1. The van der Waals surface area contributed by atoms with Gasteiger partial charge in [0.25, 0.3) is 5.91 Å². The van der Waals surface area contributed by atoms with Crippen molar-refractivity contribution in [1.82, 2.24) is 24.9 Å². The van der Waals surface area contributed by atoms with Crippen molar-refractivity contribution in [2.75, 3.05) is 5.32 Å². The highest BCUT2D eigenvalue weighted by Crippen LogP contribution is 2.43. The number of carbonyl (C=O) groups excluding carboxylic acids is 1. The number of halogens is 3. The Labute approximate surface area is 177 Å². The maximum absolute atomic E-state index is 13.8. The highest BCUT2D eigenvalue weighted by molar-refractivity contribution is 5.93. The second-order valence-corrected chi connectivity index (χ2v) is 7.86. The highest BCUT2D eigenvalue weighted by atomic mass is 19.4. The first-order valence-corrected chi connectivity index (χ1v) is 9.88. The average molecular weight is 432 g/mol. The smallest absolute Gasteiger partial charge is 0.363 e. The predicted molar refractivity (Wildman–Crippen MR) is 109 cm³/mol. The van der Waals surface area contributed by atoms with Crippen LogP contribution in [-0.4, -0.2) is 31.6 Å². The minimum absolute atomic E-state index is 0.0668. The first-order chi connectivity index (χ1) is 14.6. The third-order valence-electron chi connectivity index (χ3n) is 5.46. The predicted octanol–water partition coefficient (Wildman–Crippen LogP) is 3.82. The van der Waals surface area contributed by atoms with Crippen LogP contribution in [0.15, 0.2) is 36.5 Å². The van der Waals surface area contributed by atoms with Gasteiger partial charge in [-0.1, -0.05) is 29.8 Å². The van der Waals surface area contributed by atoms with Gasteiger partial charge in [0.1, 0.15) is 5.82 Å². The molecule has 0 bridgehead atoms. The van der Waals surface area contributed by atoms with Crippen LogP contribution >= 0.6 is 0 Å². The van der Waals surface area contributed by atoms with Gasteiger partial charge in [0, 0.05) is 37.8 Å². The molecular weight excluding hydrogens is 409 g/mol. The monoisotopic (exact) mass is 432 g/mol. The van der Waals surface area contributed by atoms with E-state index < -0.39 is 24.2 Å². The first-order valence-electron chi connectivity index (χ1n) is 9.88. The molecule has 164 valence electrons. The molecule has 1 aromatic carbocycles. The van der Waals surface area contributed by atoms with Crippen LogP contribution < -0.4 is 10.6 Å². The van der Waals surface area contributed by atoms with E-state index in [2.05, 4.69) is 20.8 Å². The number of aromatic nitrogens is 4. The summed E-state index contributed by atoms with van der Waals surface area (Å²) in [6.45, 7) is 3.95. The first kappa shape index (κ1) is 21.0. The Balaban J connectivity index is 1.58. The second kappa shape index (κ2) is 7.75. The molecule has 0 saturated carbocycles. The highest BCUT2D eigenvalue weighted by Gasteiger charge is 2.46. The van der Waals surface area contributed by atoms with E-state index in [-0.39, 0.29) is 24.5 Å². The fourth-order valence-corrected chi connectivity index (χ4v) is 3.79. The minimum Gasteiger partial charge on any atom is -0.363 e. The van der Waals surface area contributed by atoms with Gasteiger partial charge in [-0.2, -0.15) is 23.4 Å². The summed E-state index contributed by atoms with van der Waals surface area (Å²) in [5, 5.41) is 14.0. The van der Waals surface area contributed by atoms with E-state index in [0.717, 1.165) is 27.1 Å². The summed E-state index contributed by atoms with van der Waals surface area (Å²) in [6, 6.07) is 6.37. The van der Waals surface area contributed by atoms with Crippen molar-refractivity contribution in [3.05, 3.63) is 64.6 Å². The molecule has 3 heterocycles. The minimum atomic E-state index is -4.49. The number of benzene rings is 1. The van der Waals surface area contributed by atoms with Crippen LogP contribution in [0.25, 0.3) is 0 Å². The van der Waals surface area contributed by atoms with Crippen LogP contribution in [0, 0.1) is 13.8 Å². The van der Waals surface area contributed by atoms with Crippen LogP contribution in [-0.2, 0) is 13.6 Å². The third kappa shape index (κ3) is 4.28. The van der Waals surface area contributed by atoms with E-state index in [1.165, 1.54) is 6.07 Å². The van der Waals surface area contributed by atoms with E-state index in [4.69, 9.17) is 0 Å². The van der Waals surface area contributed by atoms with Gasteiger partial charge in [-0.15, -0.1) is 0 Å². The zero-order valence-corrected chi connectivity index (χ0v) is 17.4. The summed E-state index contributed by atoms with van der Waals surface area (Å²) in [6.07, 6.45) is -2.93. The van der Waals surface area contributed by atoms with E-state index in [1.54, 1.807) is 17.9 Å². The van der Waals surface area contributed by atoms with Gasteiger partial charge in [-0.25, -0.2) is 4.68 Å². The molecule has 0 aliphatic carbocycles. The Bertz CT molecular complexity index is 1100. The number of nitrogens with zero attached hydrogens (tertiary/aromatic N) is 4. The molecule has 3 aromatic rings. The van der Waals surface area contributed by atoms with Crippen LogP contribution in [0.2, 0.25) is 0 Å². The molecule has 0 spiro atoms. The number of amides is 1. The molecule has 31 heavy (non-hydrogen) atoms. The number of fused-ring (bicyclic) bond motifs is 1. The van der Waals surface area contributed by atoms with Crippen molar-refractivity contribution in [3.63, 3.8) is 0 Å². The normalized spacial score (nSPS) is 18.4. The number of alkyl halides is 3. The Morgan fingerprint density at radius 3 is 2.55 bits per heavy atom. The molecule has 0 radical (unpaired) electrons. The van der Waals surface area contributed by atoms with Crippen molar-refractivity contribution >= 4 is 11.7 Å². The van der Waals surface area contributed by atoms with E-state index in [9.17, 15) is 18.0 Å². The van der Waals surface area contributed by atoms with Gasteiger partial charge in [0.05, 0.1) is 11.7 Å². The number of hydrogen-bond acceptors (Lipinski definition) is 4. The van der Waals surface area contributed by atoms with Gasteiger partial charge in [0.2, 0.25) is 0 Å². The standard InChI is InChI=1S/C21H23F3N6O/c1-12-4-6-14(7-5-12)16-8-18(21(22,23)24)30-19(26-16)9-17(28-30)20(31)25-10-15-11-29(3)27-13(15)2/h4-7,9,11,16,18,26H,8,10H2,1-3H3,(H,25,31)/t16-,18+/m0/s1. The van der Waals surface area contributed by atoms with Crippen molar-refractivity contribution in [2.45, 2.75) is 45.1 Å². The Kier molecular flexibility index (Phi) is 5.24. The summed E-state index contributed by atoms with van der Waals surface area (Å²) in [5.74, 6) is -0.373. The lowest BCUT2D eigenvalue weighted by atomic mass is 9.96. The molecule has 2 aromatic heterocycles. The number of rotatable bonds is 4. The molecule has 1 aliphatic heterocycles. The van der Waals surface area contributed by atoms with E-state index >= 15 is 0 Å². The molecular formula is C21H23F3N6O. The number of nitrogens with one attached hydrogen (secondary N) is 2. The summed E-state index contributed by atoms with van der Waals surface area (Å²) in [5.41, 5.74) is 3.31. The third-order valence-corrected chi connectivity index (χ3v) is 5.46. The lowest BCUT2D eigenvalue weighted by Crippen LogP contribution is -2.35. The van der Waals surface area contributed by atoms with Crippen LogP contribution in [0.5, 0.6) is 0 Å². The van der Waals surface area contributed by atoms with E-state index in [0.29, 0.717) is 0 Å². The molecule has 0 unspecified atom stereocenters. The fraction of sp³-hybridized carbons (Fsp3) is 0.381. The molecule has 2 atom stereocenters. The van der Waals surface area contributed by atoms with Crippen molar-refractivity contribution in [3.8, 4) is 0 Å². The van der Waals surface area contributed by atoms with Gasteiger partial charge < -0.3 is 10.6 Å². The van der Waals surface area contributed by atoms with Crippen molar-refractivity contribution < 1.29 is 18.0 Å². The molecule has 2 N–H and O–H groups in total. The summed E-state index contributed by atoms with van der Waals surface area (Å²) >= 11 is 0. The van der Waals surface area contributed by atoms with Crippen LogP contribution in [0.3, 0.4) is 0 Å². The number of hydrogen-bond donors (Lipinski definition) is 2. The van der Waals surface area contributed by atoms with Crippen LogP contribution in [0.1, 0.15) is 51.4 Å². The summed E-state index contributed by atoms with van der Waals surface area (Å²) in [7, 11) is 1.77. The summed E-state index contributed by atoms with van der Waals surface area (Å²) < 4.78 is 43.9. The van der Waals surface area contributed by atoms with Crippen molar-refractivity contribution in [2.24, 2.45) is 7.05 Å². The zero-order valence-electron chi connectivity index (χ0n) is 17.4. The Hall–Kier alpha value is -3.30. The van der Waals surface area contributed by atoms with Crippen molar-refractivity contribution in [1.29, 1.82) is 0 Å². The molecule has 0 fully saturated rings. The molecule has 0 saturated heterocycles.